The van der Waals surface area contributed by atoms with Crippen molar-refractivity contribution in [1.82, 2.24) is 9.62 Å². The summed E-state index contributed by atoms with van der Waals surface area (Å²) in [6.07, 6.45) is 0. The van der Waals surface area contributed by atoms with Crippen LogP contribution in [0.2, 0.25) is 5.02 Å². The van der Waals surface area contributed by atoms with Crippen LogP contribution in [0.3, 0.4) is 0 Å². The van der Waals surface area contributed by atoms with E-state index >= 15 is 0 Å². The van der Waals surface area contributed by atoms with Crippen molar-refractivity contribution in [2.75, 3.05) is 6.54 Å². The lowest BCUT2D eigenvalue weighted by Crippen LogP contribution is -2.41. The average molecular weight is 475 g/mol. The van der Waals surface area contributed by atoms with Crippen molar-refractivity contribution < 1.29 is 17.6 Å². The van der Waals surface area contributed by atoms with Gasteiger partial charge in [0.05, 0.1) is 17.5 Å². The van der Waals surface area contributed by atoms with Crippen molar-refractivity contribution in [2.24, 2.45) is 0 Å². The topological polar surface area (TPSA) is 66.5 Å². The normalized spacial score (nSPS) is 12.5. The maximum atomic E-state index is 14.3. The highest BCUT2D eigenvalue weighted by atomic mass is 35.5. The molecule has 0 fully saturated rings. The van der Waals surface area contributed by atoms with Gasteiger partial charge in [0.15, 0.2) is 0 Å². The summed E-state index contributed by atoms with van der Waals surface area (Å²) in [5.41, 5.74) is 1.91. The minimum absolute atomic E-state index is 0.0398. The number of hydrogen-bond donors (Lipinski definition) is 1. The number of hydrogen-bond acceptors (Lipinski definition) is 3. The smallest absolute Gasteiger partial charge is 0.243 e. The molecule has 0 aromatic heterocycles. The molecule has 3 rings (SSSR count). The number of halogens is 2. The lowest BCUT2D eigenvalue weighted by molar-refractivity contribution is -0.122. The molecule has 0 aliphatic carbocycles. The zero-order chi connectivity index (χ0) is 23.3. The molecule has 0 radical (unpaired) electrons. The summed E-state index contributed by atoms with van der Waals surface area (Å²) in [5, 5.41) is 3.37. The van der Waals surface area contributed by atoms with E-state index < -0.39 is 28.3 Å². The molecule has 3 aromatic carbocycles. The molecule has 0 aliphatic rings. The highest BCUT2D eigenvalue weighted by Gasteiger charge is 2.28. The fraction of sp³-hybridized carbons (Fsp3) is 0.208. The number of nitrogens with one attached hydrogen (secondary N) is 1. The zero-order valence-electron chi connectivity index (χ0n) is 17.8. The van der Waals surface area contributed by atoms with Crippen LogP contribution in [0.15, 0.2) is 77.7 Å². The maximum absolute atomic E-state index is 14.3. The van der Waals surface area contributed by atoms with Gasteiger partial charge in [-0.05, 0) is 49.7 Å². The van der Waals surface area contributed by atoms with Gasteiger partial charge in [-0.15, -0.1) is 0 Å². The van der Waals surface area contributed by atoms with Gasteiger partial charge in [0.1, 0.15) is 5.82 Å². The molecule has 0 bridgehead atoms. The van der Waals surface area contributed by atoms with Crippen LogP contribution in [0.25, 0.3) is 0 Å². The van der Waals surface area contributed by atoms with Crippen LogP contribution in [0, 0.1) is 12.7 Å². The minimum Gasteiger partial charge on any atom is -0.348 e. The molecule has 0 spiro atoms. The minimum atomic E-state index is -4.05. The van der Waals surface area contributed by atoms with Crippen molar-refractivity contribution in [3.63, 3.8) is 0 Å². The molecular weight excluding hydrogens is 451 g/mol. The third-order valence-electron chi connectivity index (χ3n) is 5.03. The number of benzene rings is 3. The van der Waals surface area contributed by atoms with Gasteiger partial charge < -0.3 is 5.32 Å². The maximum Gasteiger partial charge on any atom is 0.243 e. The molecule has 0 aliphatic heterocycles. The average Bonchev–Trinajstić information content (AvgIpc) is 2.75. The summed E-state index contributed by atoms with van der Waals surface area (Å²) < 4.78 is 41.8. The Hall–Kier alpha value is -2.74. The first-order chi connectivity index (χ1) is 15.2. The standard InChI is InChI=1S/C24H24ClFN2O3S/c1-17-7-13-22(14-8-17)32(30,31)28(15-20-5-3-4-6-23(20)26)16-24(29)27-18(2)19-9-11-21(25)12-10-19/h3-14,18H,15-16H2,1-2H3,(H,27,29)/t18-/m0/s1. The van der Waals surface area contributed by atoms with Crippen molar-refractivity contribution in [3.8, 4) is 0 Å². The van der Waals surface area contributed by atoms with Crippen LogP contribution >= 0.6 is 11.6 Å². The summed E-state index contributed by atoms with van der Waals surface area (Å²) in [6, 6.07) is 18.9. The summed E-state index contributed by atoms with van der Waals surface area (Å²) in [5.74, 6) is -1.04. The van der Waals surface area contributed by atoms with Crippen molar-refractivity contribution in [2.45, 2.75) is 31.3 Å². The fourth-order valence-corrected chi connectivity index (χ4v) is 4.68. The lowest BCUT2D eigenvalue weighted by atomic mass is 10.1. The van der Waals surface area contributed by atoms with E-state index in [4.69, 9.17) is 11.6 Å². The molecule has 3 aromatic rings. The van der Waals surface area contributed by atoms with Crippen LogP contribution < -0.4 is 5.32 Å². The monoisotopic (exact) mass is 474 g/mol. The van der Waals surface area contributed by atoms with Crippen LogP contribution in [-0.2, 0) is 21.4 Å². The van der Waals surface area contributed by atoms with Gasteiger partial charge in [-0.1, -0.05) is 59.6 Å². The van der Waals surface area contributed by atoms with Crippen molar-refractivity contribution >= 4 is 27.5 Å². The van der Waals surface area contributed by atoms with Gasteiger partial charge in [0, 0.05) is 17.1 Å². The number of amides is 1. The molecule has 32 heavy (non-hydrogen) atoms. The van der Waals surface area contributed by atoms with Gasteiger partial charge in [-0.25, -0.2) is 12.8 Å². The van der Waals surface area contributed by atoms with Crippen LogP contribution in [0.5, 0.6) is 0 Å². The molecule has 1 amide bonds. The van der Waals surface area contributed by atoms with E-state index in [1.165, 1.54) is 30.3 Å². The van der Waals surface area contributed by atoms with Crippen molar-refractivity contribution in [1.29, 1.82) is 0 Å². The fourth-order valence-electron chi connectivity index (χ4n) is 3.18. The second-order valence-corrected chi connectivity index (χ2v) is 9.89. The Morgan fingerprint density at radius 1 is 1.03 bits per heavy atom. The van der Waals surface area contributed by atoms with Crippen LogP contribution in [0.1, 0.15) is 29.7 Å². The summed E-state index contributed by atoms with van der Waals surface area (Å²) in [4.78, 5) is 12.8. The van der Waals surface area contributed by atoms with Gasteiger partial charge in [0.2, 0.25) is 15.9 Å². The predicted molar refractivity (Wildman–Crippen MR) is 123 cm³/mol. The molecule has 0 heterocycles. The number of rotatable bonds is 8. The Balaban J connectivity index is 1.84. The van der Waals surface area contributed by atoms with Gasteiger partial charge in [-0.3, -0.25) is 4.79 Å². The third kappa shape index (κ3) is 5.94. The number of nitrogens with zero attached hydrogens (tertiary/aromatic N) is 1. The van der Waals surface area contributed by atoms with Crippen molar-refractivity contribution in [3.05, 3.63) is 100 Å². The molecule has 8 heteroatoms. The summed E-state index contributed by atoms with van der Waals surface area (Å²) >= 11 is 5.91. The Labute approximate surface area is 192 Å². The first-order valence-electron chi connectivity index (χ1n) is 10.0. The number of carbonyl (C=O) groups excluding carboxylic acids is 1. The van der Waals surface area contributed by atoms with E-state index in [0.717, 1.165) is 15.4 Å². The summed E-state index contributed by atoms with van der Waals surface area (Å²) in [6.45, 7) is 2.91. The van der Waals surface area contributed by atoms with Crippen LogP contribution in [0.4, 0.5) is 4.39 Å². The number of sulfonamides is 1. The highest BCUT2D eigenvalue weighted by molar-refractivity contribution is 7.89. The first kappa shape index (κ1) is 23.9. The second kappa shape index (κ2) is 10.3. The predicted octanol–water partition coefficient (Wildman–Crippen LogP) is 4.86. The van der Waals surface area contributed by atoms with E-state index in [1.54, 1.807) is 49.4 Å². The first-order valence-corrected chi connectivity index (χ1v) is 11.8. The molecule has 5 nitrogen and oxygen atoms in total. The molecule has 168 valence electrons. The molecule has 1 atom stereocenters. The lowest BCUT2D eigenvalue weighted by Gasteiger charge is -2.23. The Kier molecular flexibility index (Phi) is 7.66. The number of aryl methyl sites for hydroxylation is 1. The molecule has 0 saturated heterocycles. The quantitative estimate of drug-likeness (QED) is 0.507. The molecule has 0 saturated carbocycles. The second-order valence-electron chi connectivity index (χ2n) is 7.52. The van der Waals surface area contributed by atoms with Crippen LogP contribution in [-0.4, -0.2) is 25.2 Å². The SMILES string of the molecule is Cc1ccc(S(=O)(=O)N(CC(=O)N[C@@H](C)c2ccc(Cl)cc2)Cc2ccccc2F)cc1. The largest absolute Gasteiger partial charge is 0.348 e. The Morgan fingerprint density at radius 3 is 2.28 bits per heavy atom. The third-order valence-corrected chi connectivity index (χ3v) is 7.09. The number of carbonyl (C=O) groups is 1. The van der Waals surface area contributed by atoms with Gasteiger partial charge in [0.25, 0.3) is 0 Å². The summed E-state index contributed by atoms with van der Waals surface area (Å²) in [7, 11) is -4.05. The van der Waals surface area contributed by atoms with E-state index in [0.29, 0.717) is 5.02 Å². The Morgan fingerprint density at radius 2 is 1.66 bits per heavy atom. The zero-order valence-corrected chi connectivity index (χ0v) is 19.3. The van der Waals surface area contributed by atoms with E-state index in [1.807, 2.05) is 6.92 Å². The van der Waals surface area contributed by atoms with Gasteiger partial charge >= 0.3 is 0 Å². The Bertz CT molecular complexity index is 1180. The molecular formula is C24H24ClFN2O3S. The highest BCUT2D eigenvalue weighted by Crippen LogP contribution is 2.21. The van der Waals surface area contributed by atoms with E-state index in [2.05, 4.69) is 5.32 Å². The molecule has 1 N–H and O–H groups in total. The molecule has 0 unspecified atom stereocenters. The van der Waals surface area contributed by atoms with Gasteiger partial charge in [-0.2, -0.15) is 4.31 Å². The van der Waals surface area contributed by atoms with E-state index in [9.17, 15) is 17.6 Å². The van der Waals surface area contributed by atoms with E-state index in [-0.39, 0.29) is 23.0 Å².